The topological polar surface area (TPSA) is 85.7 Å². The molecule has 0 amide bonds. The summed E-state index contributed by atoms with van der Waals surface area (Å²) in [6.45, 7) is 4.84. The summed E-state index contributed by atoms with van der Waals surface area (Å²) in [6, 6.07) is 14.4. The van der Waals surface area contributed by atoms with E-state index in [9.17, 15) is 14.7 Å². The Morgan fingerprint density at radius 3 is 2.50 bits per heavy atom. The normalized spacial score (nSPS) is 14.4. The van der Waals surface area contributed by atoms with Gasteiger partial charge >= 0.3 is 11.9 Å². The van der Waals surface area contributed by atoms with E-state index >= 15 is 0 Å². The third-order valence-corrected chi connectivity index (χ3v) is 5.12. The van der Waals surface area contributed by atoms with E-state index in [0.717, 1.165) is 28.8 Å². The van der Waals surface area contributed by atoms with Crippen LogP contribution < -0.4 is 0 Å². The molecule has 3 aromatic rings. The Balaban J connectivity index is 1.70. The van der Waals surface area contributed by atoms with Crippen molar-refractivity contribution in [2.24, 2.45) is 0 Å². The molecule has 0 spiro atoms. The molecule has 4 rings (SSSR count). The number of aromatic hydroxyl groups is 1. The highest BCUT2D eigenvalue weighted by atomic mass is 16.6. The number of carbonyl (C=O) groups is 2. The summed E-state index contributed by atoms with van der Waals surface area (Å²) in [6.07, 6.45) is 3.39. The van der Waals surface area contributed by atoms with Crippen LogP contribution in [0, 0.1) is 0 Å². The lowest BCUT2D eigenvalue weighted by Crippen LogP contribution is -2.27. The standard InChI is InChI=1S/C26H25NO5/c1-26(2,3)32-22(29)15-31-25(30)23-19-6-4-5-7-21(19)27-24-17(10-13-20(23)24)14-16-8-11-18(28)12-9-16/h4-9,11-12,14,28H,10,13,15H2,1-3H3/b17-14+. The average molecular weight is 431 g/mol. The van der Waals surface area contributed by atoms with Crippen molar-refractivity contribution in [1.82, 2.24) is 4.98 Å². The second-order valence-corrected chi connectivity index (χ2v) is 8.75. The number of benzene rings is 2. The van der Waals surface area contributed by atoms with E-state index in [-0.39, 0.29) is 5.75 Å². The fourth-order valence-corrected chi connectivity index (χ4v) is 3.85. The van der Waals surface area contributed by atoms with Gasteiger partial charge in [-0.15, -0.1) is 0 Å². The molecule has 2 aromatic carbocycles. The number of hydrogen-bond donors (Lipinski definition) is 1. The Morgan fingerprint density at radius 2 is 1.78 bits per heavy atom. The number of allylic oxidation sites excluding steroid dienone is 1. The number of esters is 2. The second-order valence-electron chi connectivity index (χ2n) is 8.75. The third kappa shape index (κ3) is 4.64. The monoisotopic (exact) mass is 431 g/mol. The van der Waals surface area contributed by atoms with E-state index in [1.54, 1.807) is 32.9 Å². The lowest BCUT2D eigenvalue weighted by Gasteiger charge is -2.19. The maximum Gasteiger partial charge on any atom is 0.344 e. The van der Waals surface area contributed by atoms with Crippen molar-refractivity contribution in [3.8, 4) is 5.75 Å². The molecule has 6 heteroatoms. The summed E-state index contributed by atoms with van der Waals surface area (Å²) in [4.78, 5) is 29.9. The Labute approximate surface area is 186 Å². The van der Waals surface area contributed by atoms with Gasteiger partial charge in [0.25, 0.3) is 0 Å². The molecule has 0 aliphatic heterocycles. The number of para-hydroxylation sites is 1. The highest BCUT2D eigenvalue weighted by Crippen LogP contribution is 2.37. The van der Waals surface area contributed by atoms with Gasteiger partial charge in [0.15, 0.2) is 6.61 Å². The van der Waals surface area contributed by atoms with Gasteiger partial charge in [-0.05, 0) is 74.6 Å². The molecule has 0 saturated heterocycles. The Morgan fingerprint density at radius 1 is 1.06 bits per heavy atom. The zero-order valence-corrected chi connectivity index (χ0v) is 18.3. The molecule has 0 fully saturated rings. The van der Waals surface area contributed by atoms with Crippen molar-refractivity contribution < 1.29 is 24.2 Å². The number of hydrogen-bond acceptors (Lipinski definition) is 6. The van der Waals surface area contributed by atoms with E-state index in [0.29, 0.717) is 22.9 Å². The van der Waals surface area contributed by atoms with Crippen molar-refractivity contribution in [2.75, 3.05) is 6.61 Å². The summed E-state index contributed by atoms with van der Waals surface area (Å²) in [5.74, 6) is -0.941. The minimum Gasteiger partial charge on any atom is -0.508 e. The Bertz CT molecular complexity index is 1220. The van der Waals surface area contributed by atoms with Crippen LogP contribution >= 0.6 is 0 Å². The minimum absolute atomic E-state index is 0.207. The Kier molecular flexibility index (Phi) is 5.70. The molecule has 0 radical (unpaired) electrons. The van der Waals surface area contributed by atoms with Gasteiger partial charge in [0.05, 0.1) is 16.8 Å². The molecule has 0 atom stereocenters. The van der Waals surface area contributed by atoms with E-state index in [1.807, 2.05) is 42.5 Å². The fourth-order valence-electron chi connectivity index (χ4n) is 3.85. The van der Waals surface area contributed by atoms with Gasteiger partial charge in [0.2, 0.25) is 0 Å². The first-order valence-electron chi connectivity index (χ1n) is 10.5. The molecule has 32 heavy (non-hydrogen) atoms. The smallest absolute Gasteiger partial charge is 0.344 e. The molecule has 0 bridgehead atoms. The molecule has 0 unspecified atom stereocenters. The van der Waals surface area contributed by atoms with E-state index in [1.165, 1.54) is 0 Å². The summed E-state index contributed by atoms with van der Waals surface area (Å²) in [5, 5.41) is 10.2. The Hall–Kier alpha value is -3.67. The first kappa shape index (κ1) is 21.6. The van der Waals surface area contributed by atoms with Crippen molar-refractivity contribution in [1.29, 1.82) is 0 Å². The number of aromatic nitrogens is 1. The van der Waals surface area contributed by atoms with Crippen LogP contribution in [0.3, 0.4) is 0 Å². The molecule has 1 aromatic heterocycles. The minimum atomic E-state index is -0.651. The molecular weight excluding hydrogens is 406 g/mol. The van der Waals surface area contributed by atoms with Gasteiger partial charge in [0.1, 0.15) is 11.4 Å². The number of rotatable bonds is 4. The van der Waals surface area contributed by atoms with Crippen molar-refractivity contribution in [2.45, 2.75) is 39.2 Å². The van der Waals surface area contributed by atoms with Crippen LogP contribution in [0.15, 0.2) is 48.5 Å². The number of ether oxygens (including phenoxy) is 2. The highest BCUT2D eigenvalue weighted by Gasteiger charge is 2.28. The van der Waals surface area contributed by atoms with Crippen LogP contribution in [-0.4, -0.2) is 34.2 Å². The highest BCUT2D eigenvalue weighted by molar-refractivity contribution is 6.07. The van der Waals surface area contributed by atoms with E-state index in [4.69, 9.17) is 14.5 Å². The molecule has 164 valence electrons. The zero-order valence-electron chi connectivity index (χ0n) is 18.3. The number of phenolic OH excluding ortho intramolecular Hbond substituents is 1. The van der Waals surface area contributed by atoms with Crippen LogP contribution in [0.5, 0.6) is 5.75 Å². The maximum absolute atomic E-state index is 13.1. The van der Waals surface area contributed by atoms with Gasteiger partial charge in [0, 0.05) is 5.39 Å². The van der Waals surface area contributed by atoms with E-state index in [2.05, 4.69) is 0 Å². The van der Waals surface area contributed by atoms with Gasteiger partial charge in [-0.2, -0.15) is 0 Å². The number of carbonyl (C=O) groups excluding carboxylic acids is 2. The molecule has 1 heterocycles. The quantitative estimate of drug-likeness (QED) is 0.590. The summed E-state index contributed by atoms with van der Waals surface area (Å²) >= 11 is 0. The predicted molar refractivity (Wildman–Crippen MR) is 122 cm³/mol. The lowest BCUT2D eigenvalue weighted by molar-refractivity contribution is -0.158. The third-order valence-electron chi connectivity index (χ3n) is 5.12. The molecule has 6 nitrogen and oxygen atoms in total. The number of pyridine rings is 1. The molecular formula is C26H25NO5. The number of phenols is 1. The van der Waals surface area contributed by atoms with Gasteiger partial charge in [-0.3, -0.25) is 0 Å². The van der Waals surface area contributed by atoms with Crippen molar-refractivity contribution >= 4 is 34.5 Å². The molecule has 0 saturated carbocycles. The van der Waals surface area contributed by atoms with Gasteiger partial charge in [-0.1, -0.05) is 30.3 Å². The van der Waals surface area contributed by atoms with Crippen molar-refractivity contribution in [3.63, 3.8) is 0 Å². The number of nitrogens with zero attached hydrogens (tertiary/aromatic N) is 1. The van der Waals surface area contributed by atoms with Crippen LogP contribution in [0.4, 0.5) is 0 Å². The largest absolute Gasteiger partial charge is 0.508 e. The summed E-state index contributed by atoms with van der Waals surface area (Å²) in [7, 11) is 0. The van der Waals surface area contributed by atoms with Crippen LogP contribution in [0.2, 0.25) is 0 Å². The molecule has 1 aliphatic carbocycles. The predicted octanol–water partition coefficient (Wildman–Crippen LogP) is 4.93. The van der Waals surface area contributed by atoms with Crippen LogP contribution in [0.1, 0.15) is 54.4 Å². The fraction of sp³-hybridized carbons (Fsp3) is 0.269. The summed E-state index contributed by atoms with van der Waals surface area (Å²) in [5.41, 5.74) is 4.02. The second kappa shape index (κ2) is 8.46. The lowest BCUT2D eigenvalue weighted by atomic mass is 10.0. The van der Waals surface area contributed by atoms with Gasteiger partial charge < -0.3 is 14.6 Å². The zero-order chi connectivity index (χ0) is 22.9. The van der Waals surface area contributed by atoms with E-state index < -0.39 is 24.1 Å². The van der Waals surface area contributed by atoms with Crippen LogP contribution in [0.25, 0.3) is 22.6 Å². The van der Waals surface area contributed by atoms with Crippen molar-refractivity contribution in [3.05, 3.63) is 70.9 Å². The number of fused-ring (bicyclic) bond motifs is 2. The first-order valence-corrected chi connectivity index (χ1v) is 10.5. The first-order chi connectivity index (χ1) is 15.2. The summed E-state index contributed by atoms with van der Waals surface area (Å²) < 4.78 is 10.6. The molecule has 1 N–H and O–H groups in total. The average Bonchev–Trinajstić information content (AvgIpc) is 3.12. The molecule has 1 aliphatic rings. The SMILES string of the molecule is CC(C)(C)OC(=O)COC(=O)c1c2c(nc3ccccc13)/C(=C/c1ccc(O)cc1)CC2. The maximum atomic E-state index is 13.1. The van der Waals surface area contributed by atoms with Crippen LogP contribution in [-0.2, 0) is 20.7 Å². The van der Waals surface area contributed by atoms with Gasteiger partial charge in [-0.25, -0.2) is 14.6 Å².